The zero-order valence-electron chi connectivity index (χ0n) is 28.3. The Balaban J connectivity index is 2.86. The Hall–Kier alpha value is -0.375. The molecule has 1 aliphatic rings. The molecule has 11 nitrogen and oxygen atoms in total. The fourth-order valence-corrected chi connectivity index (χ4v) is 4.78. The second-order valence-corrected chi connectivity index (χ2v) is 12.4. The minimum Gasteiger partial charge on any atom is -0.382 e. The van der Waals surface area contributed by atoms with Gasteiger partial charge in [0.15, 0.2) is 0 Å². The van der Waals surface area contributed by atoms with Crippen LogP contribution < -0.4 is 0 Å². The van der Waals surface area contributed by atoms with Gasteiger partial charge in [0.2, 0.25) is 0 Å². The average Bonchev–Trinajstić information content (AvgIpc) is 3.20. The molecule has 0 aliphatic carbocycles. The van der Waals surface area contributed by atoms with Crippen molar-refractivity contribution >= 4 is 7.85 Å². The zero-order chi connectivity index (χ0) is 30.8. The maximum Gasteiger partial charge on any atom is 0.113 e. The molecule has 0 bridgehead atoms. The van der Waals surface area contributed by atoms with E-state index >= 15 is 0 Å². The minimum atomic E-state index is -0.520. The fourth-order valence-electron chi connectivity index (χ4n) is 4.78. The van der Waals surface area contributed by atoms with Crippen molar-refractivity contribution in [2.75, 3.05) is 169 Å². The molecule has 1 saturated heterocycles. The molecule has 0 aromatic carbocycles. The van der Waals surface area contributed by atoms with E-state index in [1.165, 1.54) is 0 Å². The number of ether oxygens (including phenoxy) is 4. The van der Waals surface area contributed by atoms with Crippen LogP contribution in [0.4, 0.5) is 0 Å². The van der Waals surface area contributed by atoms with Gasteiger partial charge < -0.3 is 38.5 Å². The van der Waals surface area contributed by atoms with Crippen molar-refractivity contribution < 1.29 is 18.9 Å². The molecular formula is C29H64BN7O4. The van der Waals surface area contributed by atoms with Gasteiger partial charge in [-0.2, -0.15) is 0 Å². The molecule has 1 fully saturated rings. The smallest absolute Gasteiger partial charge is 0.113 e. The predicted molar refractivity (Wildman–Crippen MR) is 170 cm³/mol. The predicted octanol–water partition coefficient (Wildman–Crippen LogP) is -0.921. The topological polar surface area (TPSA) is 59.6 Å². The van der Waals surface area contributed by atoms with E-state index in [1.54, 1.807) is 14.2 Å². The van der Waals surface area contributed by atoms with E-state index in [-0.39, 0.29) is 18.3 Å². The number of rotatable bonds is 25. The molecule has 41 heavy (non-hydrogen) atoms. The summed E-state index contributed by atoms with van der Waals surface area (Å²) in [5.74, 6) is 0. The van der Waals surface area contributed by atoms with Crippen molar-refractivity contribution in [2.45, 2.75) is 24.3 Å². The maximum absolute atomic E-state index is 6.33. The highest BCUT2D eigenvalue weighted by Gasteiger charge is 2.43. The van der Waals surface area contributed by atoms with E-state index < -0.39 is 6.00 Å². The van der Waals surface area contributed by atoms with Crippen LogP contribution in [0.15, 0.2) is 0 Å². The molecule has 2 radical (unpaired) electrons. The molecule has 0 N–H and O–H groups in total. The molecule has 0 amide bonds. The van der Waals surface area contributed by atoms with E-state index in [9.17, 15) is 0 Å². The normalized spacial score (nSPS) is 21.8. The fraction of sp³-hybridized carbons (Fsp3) is 1.00. The Kier molecular flexibility index (Phi) is 20.9. The minimum absolute atomic E-state index is 0.218. The van der Waals surface area contributed by atoms with Gasteiger partial charge in [-0.3, -0.25) is 14.7 Å². The van der Waals surface area contributed by atoms with Gasteiger partial charge in [-0.1, -0.05) is 0 Å². The molecule has 1 unspecified atom stereocenters. The Morgan fingerprint density at radius 2 is 0.902 bits per heavy atom. The average molecular weight is 586 g/mol. The van der Waals surface area contributed by atoms with Gasteiger partial charge in [0.05, 0.1) is 13.2 Å². The highest BCUT2D eigenvalue weighted by Crippen LogP contribution is 2.25. The van der Waals surface area contributed by atoms with Crippen LogP contribution in [0.1, 0.15) is 0 Å². The van der Waals surface area contributed by atoms with Crippen LogP contribution >= 0.6 is 0 Å². The molecule has 0 aromatic heterocycles. The van der Waals surface area contributed by atoms with Gasteiger partial charge in [-0.25, -0.2) is 0 Å². The quantitative estimate of drug-likeness (QED) is 0.125. The van der Waals surface area contributed by atoms with Crippen molar-refractivity contribution in [1.29, 1.82) is 0 Å². The molecule has 4 atom stereocenters. The molecule has 242 valence electrons. The lowest BCUT2D eigenvalue weighted by Gasteiger charge is -2.32. The van der Waals surface area contributed by atoms with Gasteiger partial charge in [0, 0.05) is 105 Å². The molecule has 1 heterocycles. The van der Waals surface area contributed by atoms with Crippen LogP contribution in [-0.2, 0) is 18.9 Å². The summed E-state index contributed by atoms with van der Waals surface area (Å²) >= 11 is 0. The molecule has 0 saturated carbocycles. The Morgan fingerprint density at radius 3 is 1.24 bits per heavy atom. The van der Waals surface area contributed by atoms with Crippen LogP contribution in [0, 0.1) is 0 Å². The van der Waals surface area contributed by atoms with Crippen molar-refractivity contribution in [3.8, 4) is 0 Å². The number of hydrogen-bond acceptors (Lipinski definition) is 11. The summed E-state index contributed by atoms with van der Waals surface area (Å²) in [6, 6.07) is -0.520. The molecule has 0 spiro atoms. The van der Waals surface area contributed by atoms with Gasteiger partial charge >= 0.3 is 0 Å². The van der Waals surface area contributed by atoms with Gasteiger partial charge in [-0.05, 0) is 56.4 Å². The third-order valence-corrected chi connectivity index (χ3v) is 7.59. The van der Waals surface area contributed by atoms with Gasteiger partial charge in [0.25, 0.3) is 0 Å². The second kappa shape index (κ2) is 22.2. The third-order valence-electron chi connectivity index (χ3n) is 7.59. The van der Waals surface area contributed by atoms with Crippen LogP contribution in [0.25, 0.3) is 0 Å². The lowest BCUT2D eigenvalue weighted by atomic mass is 9.93. The first-order valence-corrected chi connectivity index (χ1v) is 15.3. The highest BCUT2D eigenvalue weighted by atomic mass is 16.6. The van der Waals surface area contributed by atoms with Gasteiger partial charge in [-0.15, -0.1) is 0 Å². The molecule has 1 rings (SSSR count). The van der Waals surface area contributed by atoms with Crippen LogP contribution in [-0.4, -0.2) is 235 Å². The summed E-state index contributed by atoms with van der Waals surface area (Å²) in [7, 11) is 26.8. The summed E-state index contributed by atoms with van der Waals surface area (Å²) < 4.78 is 23.2. The monoisotopic (exact) mass is 586 g/mol. The van der Waals surface area contributed by atoms with Crippen molar-refractivity contribution in [1.82, 2.24) is 34.3 Å². The number of likely N-dealkylation sites (N-methyl/N-ethyl adjacent to an activating group) is 4. The maximum atomic E-state index is 6.33. The van der Waals surface area contributed by atoms with Crippen molar-refractivity contribution in [3.05, 3.63) is 0 Å². The SMILES string of the molecule is [B][C@@H]1O[C@H](COC)C(OC)[C@@H]1OCCN(CCN(CCN(C)C)CCN(C)C)CCN(CCN(C)C)CCN(C)C. The van der Waals surface area contributed by atoms with Gasteiger partial charge in [0.1, 0.15) is 26.2 Å². The lowest BCUT2D eigenvalue weighted by molar-refractivity contribution is -0.0586. The van der Waals surface area contributed by atoms with Crippen LogP contribution in [0.3, 0.4) is 0 Å². The van der Waals surface area contributed by atoms with Crippen molar-refractivity contribution in [3.63, 3.8) is 0 Å². The van der Waals surface area contributed by atoms with E-state index in [0.717, 1.165) is 85.1 Å². The first-order valence-electron chi connectivity index (χ1n) is 15.3. The van der Waals surface area contributed by atoms with E-state index in [4.69, 9.17) is 26.8 Å². The molecule has 12 heteroatoms. The van der Waals surface area contributed by atoms with Crippen LogP contribution in [0.5, 0.6) is 0 Å². The first kappa shape index (κ1) is 38.6. The number of hydrogen-bond donors (Lipinski definition) is 0. The summed E-state index contributed by atoms with van der Waals surface area (Å²) in [5, 5.41) is 0. The summed E-state index contributed by atoms with van der Waals surface area (Å²) in [6.07, 6.45) is -0.765. The number of methoxy groups -OCH3 is 2. The Morgan fingerprint density at radius 1 is 0.537 bits per heavy atom. The van der Waals surface area contributed by atoms with Crippen molar-refractivity contribution in [2.24, 2.45) is 0 Å². The first-order chi connectivity index (χ1) is 19.5. The molecule has 1 aliphatic heterocycles. The summed E-state index contributed by atoms with van der Waals surface area (Å²) in [6.45, 7) is 14.4. The largest absolute Gasteiger partial charge is 0.382 e. The standard InChI is InChI=1S/C29H64BN7O4/c1-31(2)11-15-35(16-12-32(3)4)19-21-37(22-20-36(17-13-33(5)6)18-14-34(7)8)23-24-40-28-27(39-10)26(25-38-9)41-29(28)30/h26-29H,11-25H2,1-10H3/t26-,27?,28+,29-/m1/s1. The third kappa shape index (κ3) is 17.5. The Labute approximate surface area is 254 Å². The van der Waals surface area contributed by atoms with E-state index in [1.807, 2.05) is 0 Å². The molecular weight excluding hydrogens is 521 g/mol. The van der Waals surface area contributed by atoms with E-state index in [0.29, 0.717) is 13.2 Å². The summed E-state index contributed by atoms with van der Waals surface area (Å²) in [5.41, 5.74) is 0. The van der Waals surface area contributed by atoms with E-state index in [2.05, 4.69) is 90.7 Å². The summed E-state index contributed by atoms with van der Waals surface area (Å²) in [4.78, 5) is 16.8. The number of nitrogens with zero attached hydrogens (tertiary/aromatic N) is 7. The lowest BCUT2D eigenvalue weighted by Crippen LogP contribution is -2.46. The Bertz CT molecular complexity index is 580. The molecule has 0 aromatic rings. The highest BCUT2D eigenvalue weighted by molar-refractivity contribution is 6.11. The van der Waals surface area contributed by atoms with Crippen LogP contribution in [0.2, 0.25) is 0 Å². The zero-order valence-corrected chi connectivity index (χ0v) is 28.3. The second-order valence-electron chi connectivity index (χ2n) is 12.4.